The lowest BCUT2D eigenvalue weighted by molar-refractivity contribution is 0.0697. The normalized spacial score (nSPS) is 11.2. The highest BCUT2D eigenvalue weighted by atomic mass is 32.1. The van der Waals surface area contributed by atoms with Crippen LogP contribution in [0.25, 0.3) is 11.0 Å². The molecule has 2 N–H and O–H groups in total. The van der Waals surface area contributed by atoms with Crippen molar-refractivity contribution in [1.82, 2.24) is 10.3 Å². The molecular weight excluding hydrogens is 312 g/mol. The number of fused-ring (bicyclic) bond motifs is 1. The third-order valence-corrected chi connectivity index (χ3v) is 4.79. The summed E-state index contributed by atoms with van der Waals surface area (Å²) in [6.07, 6.45) is 0.750. The highest BCUT2D eigenvalue weighted by Gasteiger charge is 2.08. The van der Waals surface area contributed by atoms with Gasteiger partial charge in [-0.1, -0.05) is 6.07 Å². The Morgan fingerprint density at radius 2 is 2.17 bits per heavy atom. The molecule has 3 rings (SSSR count). The Balaban J connectivity index is 1.57. The molecule has 0 aliphatic rings. The number of aromatic carboxylic acids is 1. The van der Waals surface area contributed by atoms with Crippen LogP contribution >= 0.6 is 11.3 Å². The molecule has 120 valence electrons. The van der Waals surface area contributed by atoms with Gasteiger partial charge < -0.3 is 14.8 Å². The van der Waals surface area contributed by atoms with Gasteiger partial charge in [0.2, 0.25) is 0 Å². The monoisotopic (exact) mass is 330 g/mol. The third-order valence-electron chi connectivity index (χ3n) is 3.72. The summed E-state index contributed by atoms with van der Waals surface area (Å²) in [5.41, 5.74) is 1.95. The van der Waals surface area contributed by atoms with Gasteiger partial charge in [-0.25, -0.2) is 9.78 Å². The summed E-state index contributed by atoms with van der Waals surface area (Å²) >= 11 is 1.72. The fourth-order valence-corrected chi connectivity index (χ4v) is 3.27. The molecule has 6 heteroatoms. The van der Waals surface area contributed by atoms with Crippen molar-refractivity contribution in [2.24, 2.45) is 0 Å². The van der Waals surface area contributed by atoms with E-state index in [2.05, 4.69) is 17.2 Å². The molecule has 0 aliphatic heterocycles. The van der Waals surface area contributed by atoms with E-state index in [1.165, 1.54) is 4.88 Å². The van der Waals surface area contributed by atoms with Crippen LogP contribution in [0.2, 0.25) is 0 Å². The van der Waals surface area contributed by atoms with Gasteiger partial charge in [0.25, 0.3) is 0 Å². The van der Waals surface area contributed by atoms with E-state index in [4.69, 9.17) is 9.52 Å². The number of aryl methyl sites for hydroxylation is 2. The van der Waals surface area contributed by atoms with Crippen LogP contribution in [-0.4, -0.2) is 22.6 Å². The number of hydrogen-bond acceptors (Lipinski definition) is 5. The van der Waals surface area contributed by atoms with E-state index >= 15 is 0 Å². The molecule has 0 atom stereocenters. The Bertz CT molecular complexity index is 831. The molecule has 5 nitrogen and oxygen atoms in total. The van der Waals surface area contributed by atoms with Gasteiger partial charge in [-0.15, -0.1) is 11.3 Å². The van der Waals surface area contributed by atoms with Gasteiger partial charge in [0, 0.05) is 29.8 Å². The number of nitrogens with one attached hydrogen (secondary N) is 1. The molecule has 2 heterocycles. The summed E-state index contributed by atoms with van der Waals surface area (Å²) in [4.78, 5) is 16.7. The molecule has 23 heavy (non-hydrogen) atoms. The molecule has 0 spiro atoms. The SMILES string of the molecule is Cc1nc(CNCCc2cc3ccc(C(=O)O)cc3o2)sc1C. The summed E-state index contributed by atoms with van der Waals surface area (Å²) in [5, 5.41) is 14.4. The second-order valence-corrected chi connectivity index (χ2v) is 6.73. The summed E-state index contributed by atoms with van der Waals surface area (Å²) in [6.45, 7) is 5.64. The highest BCUT2D eigenvalue weighted by molar-refractivity contribution is 7.11. The van der Waals surface area contributed by atoms with Crippen molar-refractivity contribution in [3.05, 3.63) is 51.2 Å². The number of carboxylic acid groups (broad SMARTS) is 1. The molecule has 0 saturated heterocycles. The van der Waals surface area contributed by atoms with Crippen molar-refractivity contribution in [1.29, 1.82) is 0 Å². The zero-order valence-electron chi connectivity index (χ0n) is 13.0. The van der Waals surface area contributed by atoms with Gasteiger partial charge in [-0.2, -0.15) is 0 Å². The molecule has 0 aliphatic carbocycles. The number of hydrogen-bond donors (Lipinski definition) is 2. The van der Waals surface area contributed by atoms with Crippen molar-refractivity contribution in [2.75, 3.05) is 6.54 Å². The maximum atomic E-state index is 11.0. The zero-order valence-corrected chi connectivity index (χ0v) is 13.9. The second-order valence-electron chi connectivity index (χ2n) is 5.45. The average molecular weight is 330 g/mol. The van der Waals surface area contributed by atoms with Crippen molar-refractivity contribution < 1.29 is 14.3 Å². The van der Waals surface area contributed by atoms with Gasteiger partial charge in [0.05, 0.1) is 11.3 Å². The quantitative estimate of drug-likeness (QED) is 0.676. The van der Waals surface area contributed by atoms with E-state index in [1.807, 2.05) is 13.0 Å². The first kappa shape index (κ1) is 15.7. The molecule has 0 amide bonds. The van der Waals surface area contributed by atoms with E-state index in [0.717, 1.165) is 41.4 Å². The van der Waals surface area contributed by atoms with Gasteiger partial charge in [0.1, 0.15) is 16.4 Å². The second kappa shape index (κ2) is 6.52. The Labute approximate surface area is 138 Å². The predicted molar refractivity (Wildman–Crippen MR) is 90.2 cm³/mol. The number of rotatable bonds is 6. The van der Waals surface area contributed by atoms with E-state index in [9.17, 15) is 4.79 Å². The molecule has 2 aromatic heterocycles. The van der Waals surface area contributed by atoms with Gasteiger partial charge in [-0.3, -0.25) is 0 Å². The first-order chi connectivity index (χ1) is 11.0. The molecule has 0 saturated carbocycles. The van der Waals surface area contributed by atoms with Crippen molar-refractivity contribution >= 4 is 28.3 Å². The first-order valence-electron chi connectivity index (χ1n) is 7.42. The van der Waals surface area contributed by atoms with E-state index in [0.29, 0.717) is 5.58 Å². The number of benzene rings is 1. The topological polar surface area (TPSA) is 75.4 Å². The lowest BCUT2D eigenvalue weighted by atomic mass is 10.1. The van der Waals surface area contributed by atoms with Crippen molar-refractivity contribution in [2.45, 2.75) is 26.8 Å². The smallest absolute Gasteiger partial charge is 0.335 e. The van der Waals surface area contributed by atoms with Crippen LogP contribution in [0, 0.1) is 13.8 Å². The van der Waals surface area contributed by atoms with Crippen LogP contribution in [0.5, 0.6) is 0 Å². The number of aromatic nitrogens is 1. The van der Waals surface area contributed by atoms with Gasteiger partial charge in [-0.05, 0) is 32.0 Å². The van der Waals surface area contributed by atoms with Crippen LogP contribution in [-0.2, 0) is 13.0 Å². The van der Waals surface area contributed by atoms with Crippen LogP contribution in [0.1, 0.15) is 31.7 Å². The molecule has 0 bridgehead atoms. The summed E-state index contributed by atoms with van der Waals surface area (Å²) in [5.74, 6) is -0.0953. The van der Waals surface area contributed by atoms with E-state index < -0.39 is 5.97 Å². The third kappa shape index (κ3) is 3.60. The maximum Gasteiger partial charge on any atom is 0.335 e. The fourth-order valence-electron chi connectivity index (χ4n) is 2.36. The van der Waals surface area contributed by atoms with E-state index in [-0.39, 0.29) is 5.56 Å². The first-order valence-corrected chi connectivity index (χ1v) is 8.24. The number of nitrogens with zero attached hydrogens (tertiary/aromatic N) is 1. The Morgan fingerprint density at radius 1 is 1.35 bits per heavy atom. The van der Waals surface area contributed by atoms with Crippen LogP contribution < -0.4 is 5.32 Å². The molecule has 0 fully saturated rings. The fraction of sp³-hybridized carbons (Fsp3) is 0.294. The summed E-state index contributed by atoms with van der Waals surface area (Å²) in [6, 6.07) is 6.89. The molecule has 3 aromatic rings. The lowest BCUT2D eigenvalue weighted by Gasteiger charge is -2.00. The Morgan fingerprint density at radius 3 is 2.87 bits per heavy atom. The van der Waals surface area contributed by atoms with Crippen molar-refractivity contribution in [3.8, 4) is 0 Å². The van der Waals surface area contributed by atoms with Crippen LogP contribution in [0.4, 0.5) is 0 Å². The lowest BCUT2D eigenvalue weighted by Crippen LogP contribution is -2.16. The van der Waals surface area contributed by atoms with Gasteiger partial charge >= 0.3 is 5.97 Å². The minimum atomic E-state index is -0.944. The van der Waals surface area contributed by atoms with Crippen LogP contribution in [0.15, 0.2) is 28.7 Å². The standard InChI is InChI=1S/C17H18N2O3S/c1-10-11(2)23-16(19-10)9-18-6-5-14-7-12-3-4-13(17(20)21)8-15(12)22-14/h3-4,7-8,18H,5-6,9H2,1-2H3,(H,20,21). The Kier molecular flexibility index (Phi) is 4.45. The number of furan rings is 1. The number of carboxylic acids is 1. The molecule has 0 radical (unpaired) electrons. The molecule has 0 unspecified atom stereocenters. The average Bonchev–Trinajstić information content (AvgIpc) is 3.06. The minimum Gasteiger partial charge on any atom is -0.478 e. The number of carbonyl (C=O) groups is 1. The Hall–Kier alpha value is -2.18. The van der Waals surface area contributed by atoms with Gasteiger partial charge in [0.15, 0.2) is 0 Å². The molecular formula is C17H18N2O3S. The minimum absolute atomic E-state index is 0.242. The predicted octanol–water partition coefficient (Wildman–Crippen LogP) is 3.54. The highest BCUT2D eigenvalue weighted by Crippen LogP contribution is 2.21. The van der Waals surface area contributed by atoms with Crippen molar-refractivity contribution in [3.63, 3.8) is 0 Å². The zero-order chi connectivity index (χ0) is 16.4. The summed E-state index contributed by atoms with van der Waals surface area (Å²) < 4.78 is 5.72. The maximum absolute atomic E-state index is 11.0. The summed E-state index contributed by atoms with van der Waals surface area (Å²) in [7, 11) is 0. The molecule has 1 aromatic carbocycles. The van der Waals surface area contributed by atoms with Crippen LogP contribution in [0.3, 0.4) is 0 Å². The number of thiazole rings is 1. The van der Waals surface area contributed by atoms with E-state index in [1.54, 1.807) is 29.5 Å². The largest absolute Gasteiger partial charge is 0.478 e.